The maximum absolute atomic E-state index is 11.8. The molecule has 0 aliphatic rings. The quantitative estimate of drug-likeness (QED) is 0.653. The summed E-state index contributed by atoms with van der Waals surface area (Å²) in [5.74, 6) is 0.495. The van der Waals surface area contributed by atoms with Gasteiger partial charge in [-0.2, -0.15) is 0 Å². The number of benzene rings is 1. The molecule has 5 nitrogen and oxygen atoms in total. The van der Waals surface area contributed by atoms with Crippen molar-refractivity contribution in [1.82, 2.24) is 10.3 Å². The van der Waals surface area contributed by atoms with Gasteiger partial charge >= 0.3 is 0 Å². The summed E-state index contributed by atoms with van der Waals surface area (Å²) >= 11 is 0. The molecule has 116 valence electrons. The first kappa shape index (κ1) is 16.0. The van der Waals surface area contributed by atoms with E-state index in [1.165, 1.54) is 0 Å². The Labute approximate surface area is 130 Å². The van der Waals surface area contributed by atoms with Crippen molar-refractivity contribution < 1.29 is 9.90 Å². The van der Waals surface area contributed by atoms with E-state index >= 15 is 0 Å². The lowest BCUT2D eigenvalue weighted by Gasteiger charge is -2.11. The number of pyridine rings is 1. The molecule has 2 rings (SSSR count). The van der Waals surface area contributed by atoms with Gasteiger partial charge in [-0.05, 0) is 30.5 Å². The minimum Gasteiger partial charge on any atom is -0.378 e. The molecule has 1 atom stereocenters. The smallest absolute Gasteiger partial charge is 0.253 e. The van der Waals surface area contributed by atoms with Gasteiger partial charge in [0.15, 0.2) is 6.10 Å². The number of nitrogens with one attached hydrogen (secondary N) is 2. The molecule has 1 aromatic heterocycles. The van der Waals surface area contributed by atoms with Crippen LogP contribution in [0.3, 0.4) is 0 Å². The van der Waals surface area contributed by atoms with Crippen molar-refractivity contribution in [3.05, 3.63) is 60.3 Å². The van der Waals surface area contributed by atoms with Crippen molar-refractivity contribution in [3.8, 4) is 0 Å². The van der Waals surface area contributed by atoms with Gasteiger partial charge in [-0.3, -0.25) is 4.79 Å². The van der Waals surface area contributed by atoms with Gasteiger partial charge < -0.3 is 15.7 Å². The maximum atomic E-state index is 11.8. The molecule has 0 aliphatic carbocycles. The van der Waals surface area contributed by atoms with E-state index < -0.39 is 6.10 Å². The minimum absolute atomic E-state index is 0.358. The predicted molar refractivity (Wildman–Crippen MR) is 86.4 cm³/mol. The van der Waals surface area contributed by atoms with Crippen LogP contribution in [0.25, 0.3) is 0 Å². The molecule has 3 N–H and O–H groups in total. The Morgan fingerprint density at radius 2 is 1.77 bits per heavy atom. The Morgan fingerprint density at radius 3 is 2.50 bits per heavy atom. The molecular weight excluding hydrogens is 278 g/mol. The first-order valence-corrected chi connectivity index (χ1v) is 7.43. The Morgan fingerprint density at radius 1 is 1.05 bits per heavy atom. The van der Waals surface area contributed by atoms with Gasteiger partial charge in [-0.25, -0.2) is 4.98 Å². The zero-order valence-corrected chi connectivity index (χ0v) is 12.4. The highest BCUT2D eigenvalue weighted by Gasteiger charge is 2.15. The molecule has 1 heterocycles. The van der Waals surface area contributed by atoms with Crippen molar-refractivity contribution in [1.29, 1.82) is 0 Å². The molecule has 1 amide bonds. The second kappa shape index (κ2) is 8.79. The Bertz CT molecular complexity index is 561. The monoisotopic (exact) mass is 299 g/mol. The summed E-state index contributed by atoms with van der Waals surface area (Å²) < 4.78 is 0. The van der Waals surface area contributed by atoms with E-state index in [2.05, 4.69) is 15.6 Å². The predicted octanol–water partition coefficient (Wildman–Crippen LogP) is 2.12. The van der Waals surface area contributed by atoms with Crippen LogP contribution in [0.1, 0.15) is 24.5 Å². The minimum atomic E-state index is -1.10. The van der Waals surface area contributed by atoms with Crippen molar-refractivity contribution in [2.24, 2.45) is 0 Å². The molecule has 0 fully saturated rings. The molecular formula is C17H21N3O2. The summed E-state index contributed by atoms with van der Waals surface area (Å²) in [5, 5.41) is 15.9. The molecule has 0 spiro atoms. The average Bonchev–Trinajstić information content (AvgIpc) is 2.58. The van der Waals surface area contributed by atoms with Crippen LogP contribution in [0.4, 0.5) is 5.82 Å². The van der Waals surface area contributed by atoms with E-state index in [0.717, 1.165) is 25.2 Å². The number of carbonyl (C=O) groups excluding carboxylic acids is 1. The highest BCUT2D eigenvalue weighted by atomic mass is 16.3. The van der Waals surface area contributed by atoms with E-state index in [0.29, 0.717) is 12.1 Å². The van der Waals surface area contributed by atoms with Crippen LogP contribution in [0.5, 0.6) is 0 Å². The summed E-state index contributed by atoms with van der Waals surface area (Å²) in [6.45, 7) is 1.35. The van der Waals surface area contributed by atoms with Crippen LogP contribution in [0.15, 0.2) is 54.7 Å². The van der Waals surface area contributed by atoms with Gasteiger partial charge in [-0.15, -0.1) is 0 Å². The number of aliphatic hydroxyl groups is 1. The van der Waals surface area contributed by atoms with Gasteiger partial charge in [0, 0.05) is 19.3 Å². The molecule has 22 heavy (non-hydrogen) atoms. The molecule has 0 aliphatic heterocycles. The van der Waals surface area contributed by atoms with Crippen LogP contribution < -0.4 is 10.6 Å². The van der Waals surface area contributed by atoms with E-state index in [1.807, 2.05) is 24.3 Å². The van der Waals surface area contributed by atoms with Gasteiger partial charge in [0.1, 0.15) is 5.82 Å². The Hall–Kier alpha value is -2.40. The van der Waals surface area contributed by atoms with Crippen molar-refractivity contribution >= 4 is 11.7 Å². The summed E-state index contributed by atoms with van der Waals surface area (Å²) in [5.41, 5.74) is 0.608. The van der Waals surface area contributed by atoms with Crippen molar-refractivity contribution in [2.45, 2.75) is 18.9 Å². The number of anilines is 1. The van der Waals surface area contributed by atoms with Gasteiger partial charge in [0.05, 0.1) is 0 Å². The first-order valence-electron chi connectivity index (χ1n) is 7.43. The zero-order chi connectivity index (χ0) is 15.6. The van der Waals surface area contributed by atoms with Crippen LogP contribution >= 0.6 is 0 Å². The lowest BCUT2D eigenvalue weighted by atomic mass is 10.1. The maximum Gasteiger partial charge on any atom is 0.253 e. The second-order valence-electron chi connectivity index (χ2n) is 4.95. The van der Waals surface area contributed by atoms with Crippen LogP contribution in [0, 0.1) is 0 Å². The topological polar surface area (TPSA) is 74.2 Å². The highest BCUT2D eigenvalue weighted by molar-refractivity contribution is 5.81. The number of rotatable bonds is 8. The van der Waals surface area contributed by atoms with Crippen LogP contribution in [-0.4, -0.2) is 29.1 Å². The van der Waals surface area contributed by atoms with E-state index in [4.69, 9.17) is 0 Å². The third kappa shape index (κ3) is 5.18. The van der Waals surface area contributed by atoms with Crippen LogP contribution in [-0.2, 0) is 4.79 Å². The van der Waals surface area contributed by atoms with E-state index in [1.54, 1.807) is 30.5 Å². The largest absolute Gasteiger partial charge is 0.378 e. The molecule has 5 heteroatoms. The fourth-order valence-corrected chi connectivity index (χ4v) is 2.03. The van der Waals surface area contributed by atoms with Gasteiger partial charge in [-0.1, -0.05) is 36.4 Å². The fourth-order valence-electron chi connectivity index (χ4n) is 2.03. The van der Waals surface area contributed by atoms with Gasteiger partial charge in [0.25, 0.3) is 5.91 Å². The average molecular weight is 299 g/mol. The molecule has 1 aromatic carbocycles. The number of carbonyl (C=O) groups is 1. The van der Waals surface area contributed by atoms with Crippen molar-refractivity contribution in [2.75, 3.05) is 18.4 Å². The highest BCUT2D eigenvalue weighted by Crippen LogP contribution is 2.11. The third-order valence-corrected chi connectivity index (χ3v) is 3.24. The number of unbranched alkanes of at least 4 members (excludes halogenated alkanes) is 1. The number of hydrogen-bond acceptors (Lipinski definition) is 4. The van der Waals surface area contributed by atoms with Crippen molar-refractivity contribution in [3.63, 3.8) is 0 Å². The lowest BCUT2D eigenvalue weighted by Crippen LogP contribution is -2.30. The molecule has 0 saturated heterocycles. The van der Waals surface area contributed by atoms with Crippen LogP contribution in [0.2, 0.25) is 0 Å². The standard InChI is InChI=1S/C17H21N3O2/c21-16(14-8-2-1-3-9-14)17(22)20-13-7-6-12-19-15-10-4-5-11-18-15/h1-5,8-11,16,21H,6-7,12-13H2,(H,18,19)(H,20,22). The zero-order valence-electron chi connectivity index (χ0n) is 12.4. The normalized spacial score (nSPS) is 11.7. The van der Waals surface area contributed by atoms with E-state index in [-0.39, 0.29) is 5.91 Å². The lowest BCUT2D eigenvalue weighted by molar-refractivity contribution is -0.129. The summed E-state index contributed by atoms with van der Waals surface area (Å²) in [6.07, 6.45) is 2.40. The SMILES string of the molecule is O=C(NCCCCNc1ccccn1)C(O)c1ccccc1. The number of aliphatic hydroxyl groups excluding tert-OH is 1. The third-order valence-electron chi connectivity index (χ3n) is 3.24. The number of nitrogens with zero attached hydrogens (tertiary/aromatic N) is 1. The molecule has 1 unspecified atom stereocenters. The van der Waals surface area contributed by atoms with E-state index in [9.17, 15) is 9.90 Å². The number of amides is 1. The second-order valence-corrected chi connectivity index (χ2v) is 4.95. The number of aromatic nitrogens is 1. The first-order chi connectivity index (χ1) is 10.8. The molecule has 2 aromatic rings. The molecule has 0 bridgehead atoms. The molecule has 0 saturated carbocycles. The molecule has 0 radical (unpaired) electrons. The fraction of sp³-hybridized carbons (Fsp3) is 0.294. The summed E-state index contributed by atoms with van der Waals surface area (Å²) in [7, 11) is 0. The summed E-state index contributed by atoms with van der Waals surface area (Å²) in [6, 6.07) is 14.6. The summed E-state index contributed by atoms with van der Waals surface area (Å²) in [4.78, 5) is 16.0. The Balaban J connectivity index is 1.59. The Kier molecular flexibility index (Phi) is 6.39. The number of hydrogen-bond donors (Lipinski definition) is 3. The van der Waals surface area contributed by atoms with Gasteiger partial charge in [0.2, 0.25) is 0 Å².